The fraction of sp³-hybridized carbons (Fsp3) is 0.421. The molecule has 0 fully saturated rings. The Morgan fingerprint density at radius 3 is 2.46 bits per heavy atom. The highest BCUT2D eigenvalue weighted by Crippen LogP contribution is 2.24. The van der Waals surface area contributed by atoms with Gasteiger partial charge in [-0.2, -0.15) is 0 Å². The molecule has 0 radical (unpaired) electrons. The lowest BCUT2D eigenvalue weighted by atomic mass is 10.1. The predicted molar refractivity (Wildman–Crippen MR) is 109 cm³/mol. The van der Waals surface area contributed by atoms with Crippen LogP contribution in [0.25, 0.3) is 0 Å². The molecule has 2 rings (SSSR count). The van der Waals surface area contributed by atoms with Gasteiger partial charge in [-0.1, -0.05) is 11.6 Å². The first kappa shape index (κ1) is 22.4. The molecule has 9 heteroatoms. The highest BCUT2D eigenvalue weighted by atomic mass is 35.5. The van der Waals surface area contributed by atoms with E-state index in [1.807, 2.05) is 25.1 Å². The largest absolute Gasteiger partial charge is 0.468 e. The molecule has 1 heterocycles. The molecule has 0 saturated carbocycles. The summed E-state index contributed by atoms with van der Waals surface area (Å²) in [4.78, 5) is 14.4. The summed E-state index contributed by atoms with van der Waals surface area (Å²) >= 11 is 6.08. The van der Waals surface area contributed by atoms with E-state index in [4.69, 9.17) is 16.0 Å². The van der Waals surface area contributed by atoms with Crippen molar-refractivity contribution in [3.63, 3.8) is 0 Å². The van der Waals surface area contributed by atoms with Crippen LogP contribution in [0.3, 0.4) is 0 Å². The van der Waals surface area contributed by atoms with E-state index in [1.54, 1.807) is 33.1 Å². The van der Waals surface area contributed by atoms with Crippen molar-refractivity contribution in [2.24, 2.45) is 0 Å². The molecule has 2 aromatic rings. The summed E-state index contributed by atoms with van der Waals surface area (Å²) < 4.78 is 33.2. The summed E-state index contributed by atoms with van der Waals surface area (Å²) in [5, 5.41) is 2.87. The van der Waals surface area contributed by atoms with Crippen molar-refractivity contribution >= 4 is 27.5 Å². The minimum absolute atomic E-state index is 0.0510. The number of nitrogens with zero attached hydrogens (tertiary/aromatic N) is 1. The van der Waals surface area contributed by atoms with Crippen molar-refractivity contribution < 1.29 is 17.6 Å². The van der Waals surface area contributed by atoms with Gasteiger partial charge in [0.05, 0.1) is 17.3 Å². The highest BCUT2D eigenvalue weighted by Gasteiger charge is 2.26. The summed E-state index contributed by atoms with van der Waals surface area (Å²) in [5.74, 6) is 0.321. The van der Waals surface area contributed by atoms with E-state index in [0.29, 0.717) is 6.54 Å². The molecule has 1 amide bonds. The lowest BCUT2D eigenvalue weighted by Crippen LogP contribution is -2.40. The summed E-state index contributed by atoms with van der Waals surface area (Å²) in [6, 6.07) is 7.64. The molecule has 2 N–H and O–H groups in total. The third kappa shape index (κ3) is 5.81. The second kappa shape index (κ2) is 8.65. The smallest absolute Gasteiger partial charge is 0.251 e. The Labute approximate surface area is 171 Å². The standard InChI is InChI=1S/C19H26ClN3O4S/c1-19(2,3)22-28(25,26)17-11-13(8-9-14(17)20)18(24)21-12-15(23(4)5)16-7-6-10-27-16/h6-11,15,22H,12H2,1-5H3,(H,21,24). The molecule has 1 aromatic heterocycles. The molecule has 7 nitrogen and oxygen atoms in total. The summed E-state index contributed by atoms with van der Waals surface area (Å²) in [5.41, 5.74) is -0.474. The Balaban J connectivity index is 2.20. The molecular weight excluding hydrogens is 402 g/mol. The number of benzene rings is 1. The summed E-state index contributed by atoms with van der Waals surface area (Å²) in [7, 11) is -0.111. The van der Waals surface area contributed by atoms with Crippen LogP contribution in [0, 0.1) is 0 Å². The van der Waals surface area contributed by atoms with Crippen molar-refractivity contribution in [2.75, 3.05) is 20.6 Å². The second-order valence-corrected chi connectivity index (χ2v) is 9.76. The number of halogens is 1. The predicted octanol–water partition coefficient (Wildman–Crippen LogP) is 3.04. The quantitative estimate of drug-likeness (QED) is 0.708. The Kier molecular flexibility index (Phi) is 6.93. The zero-order chi connectivity index (χ0) is 21.1. The van der Waals surface area contributed by atoms with Crippen LogP contribution in [0.15, 0.2) is 45.9 Å². The van der Waals surface area contributed by atoms with E-state index in [1.165, 1.54) is 18.2 Å². The van der Waals surface area contributed by atoms with Crippen molar-refractivity contribution in [3.05, 3.63) is 52.9 Å². The topological polar surface area (TPSA) is 91.7 Å². The first-order valence-electron chi connectivity index (χ1n) is 8.72. The molecule has 0 saturated heterocycles. The molecule has 1 aromatic carbocycles. The van der Waals surface area contributed by atoms with Gasteiger partial charge >= 0.3 is 0 Å². The van der Waals surface area contributed by atoms with E-state index in [-0.39, 0.29) is 21.5 Å². The molecule has 1 atom stereocenters. The van der Waals surface area contributed by atoms with Gasteiger partial charge in [0.2, 0.25) is 10.0 Å². The van der Waals surface area contributed by atoms with Gasteiger partial charge in [-0.05, 0) is 65.2 Å². The molecule has 0 aliphatic carbocycles. The minimum Gasteiger partial charge on any atom is -0.468 e. The molecule has 0 bridgehead atoms. The van der Waals surface area contributed by atoms with Crippen LogP contribution in [0.5, 0.6) is 0 Å². The highest BCUT2D eigenvalue weighted by molar-refractivity contribution is 7.89. The van der Waals surface area contributed by atoms with Crippen molar-refractivity contribution in [1.82, 2.24) is 14.9 Å². The zero-order valence-corrected chi connectivity index (χ0v) is 18.2. The summed E-state index contributed by atoms with van der Waals surface area (Å²) in [6.45, 7) is 5.48. The summed E-state index contributed by atoms with van der Waals surface area (Å²) in [6.07, 6.45) is 1.58. The number of sulfonamides is 1. The van der Waals surface area contributed by atoms with E-state index < -0.39 is 21.5 Å². The van der Waals surface area contributed by atoms with Crippen molar-refractivity contribution in [3.8, 4) is 0 Å². The van der Waals surface area contributed by atoms with Crippen LogP contribution in [0.1, 0.15) is 42.9 Å². The van der Waals surface area contributed by atoms with Gasteiger partial charge in [-0.25, -0.2) is 13.1 Å². The van der Waals surface area contributed by atoms with Crippen LogP contribution in [0.2, 0.25) is 5.02 Å². The van der Waals surface area contributed by atoms with Gasteiger partial charge in [-0.15, -0.1) is 0 Å². The Hall–Kier alpha value is -1.87. The third-order valence-electron chi connectivity index (χ3n) is 3.87. The number of carbonyl (C=O) groups is 1. The number of furan rings is 1. The average Bonchev–Trinajstić information content (AvgIpc) is 3.06. The molecule has 0 spiro atoms. The molecule has 0 aliphatic heterocycles. The van der Waals surface area contributed by atoms with Gasteiger partial charge in [-0.3, -0.25) is 9.69 Å². The normalized spacial score (nSPS) is 13.5. The van der Waals surface area contributed by atoms with Crippen LogP contribution in [-0.4, -0.2) is 45.4 Å². The van der Waals surface area contributed by atoms with Gasteiger partial charge in [0.25, 0.3) is 5.91 Å². The lowest BCUT2D eigenvalue weighted by molar-refractivity contribution is 0.0939. The molecule has 1 unspecified atom stereocenters. The number of rotatable bonds is 7. The van der Waals surface area contributed by atoms with Crippen LogP contribution >= 0.6 is 11.6 Å². The van der Waals surface area contributed by atoms with Crippen molar-refractivity contribution in [2.45, 2.75) is 37.2 Å². The Morgan fingerprint density at radius 1 is 1.25 bits per heavy atom. The number of carbonyl (C=O) groups excluding carboxylic acids is 1. The second-order valence-electron chi connectivity index (χ2n) is 7.71. The SMILES string of the molecule is CN(C)C(CNC(=O)c1ccc(Cl)c(S(=O)(=O)NC(C)(C)C)c1)c1ccco1. The Morgan fingerprint density at radius 2 is 1.93 bits per heavy atom. The first-order valence-corrected chi connectivity index (χ1v) is 10.6. The number of hydrogen-bond acceptors (Lipinski definition) is 5. The first-order chi connectivity index (χ1) is 12.9. The van der Waals surface area contributed by atoms with Crippen LogP contribution in [-0.2, 0) is 10.0 Å². The van der Waals surface area contributed by atoms with Crippen LogP contribution < -0.4 is 10.0 Å². The van der Waals surface area contributed by atoms with Gasteiger partial charge < -0.3 is 9.73 Å². The van der Waals surface area contributed by atoms with Gasteiger partial charge in [0.1, 0.15) is 10.7 Å². The number of nitrogens with one attached hydrogen (secondary N) is 2. The fourth-order valence-electron chi connectivity index (χ4n) is 2.62. The van der Waals surface area contributed by atoms with E-state index in [0.717, 1.165) is 5.76 Å². The lowest BCUT2D eigenvalue weighted by Gasteiger charge is -2.23. The number of hydrogen-bond donors (Lipinski definition) is 2. The number of amides is 1. The average molecular weight is 428 g/mol. The van der Waals surface area contributed by atoms with E-state index in [2.05, 4.69) is 10.0 Å². The molecule has 0 aliphatic rings. The molecule has 28 heavy (non-hydrogen) atoms. The fourth-order valence-corrected chi connectivity index (χ4v) is 4.56. The third-order valence-corrected chi connectivity index (χ3v) is 6.11. The maximum Gasteiger partial charge on any atom is 0.251 e. The van der Waals surface area contributed by atoms with E-state index >= 15 is 0 Å². The minimum atomic E-state index is -3.87. The number of likely N-dealkylation sites (N-methyl/N-ethyl adjacent to an activating group) is 1. The van der Waals surface area contributed by atoms with Gasteiger partial charge in [0, 0.05) is 17.6 Å². The van der Waals surface area contributed by atoms with Gasteiger partial charge in [0.15, 0.2) is 0 Å². The molecule has 154 valence electrons. The van der Waals surface area contributed by atoms with E-state index in [9.17, 15) is 13.2 Å². The maximum absolute atomic E-state index is 12.6. The van der Waals surface area contributed by atoms with Crippen LogP contribution in [0.4, 0.5) is 0 Å². The maximum atomic E-state index is 12.6. The Bertz CT molecular complexity index is 919. The van der Waals surface area contributed by atoms with Crippen molar-refractivity contribution in [1.29, 1.82) is 0 Å². The monoisotopic (exact) mass is 427 g/mol. The molecular formula is C19H26ClN3O4S. The zero-order valence-electron chi connectivity index (χ0n) is 16.6.